The average molecular weight is 253 g/mol. The predicted octanol–water partition coefficient (Wildman–Crippen LogP) is 2.69. The molecule has 0 radical (unpaired) electrons. The van der Waals surface area contributed by atoms with Gasteiger partial charge in [0.05, 0.1) is 6.61 Å². The summed E-state index contributed by atoms with van der Waals surface area (Å²) in [5.41, 5.74) is 1.32. The van der Waals surface area contributed by atoms with Crippen LogP contribution < -0.4 is 0 Å². The van der Waals surface area contributed by atoms with Crippen LogP contribution in [0.5, 0.6) is 0 Å². The van der Waals surface area contributed by atoms with Crippen molar-refractivity contribution in [3.63, 3.8) is 0 Å². The first kappa shape index (κ1) is 12.6. The number of hydrogen-bond donors (Lipinski definition) is 0. The van der Waals surface area contributed by atoms with E-state index >= 15 is 0 Å². The van der Waals surface area contributed by atoms with E-state index in [4.69, 9.17) is 4.74 Å². The van der Waals surface area contributed by atoms with Crippen molar-refractivity contribution in [3.8, 4) is 0 Å². The number of aryl methyl sites for hydroxylation is 1. The van der Waals surface area contributed by atoms with E-state index in [1.54, 1.807) is 11.3 Å². The molecule has 3 nitrogen and oxygen atoms in total. The molecule has 0 amide bonds. The smallest absolute Gasteiger partial charge is 0.348 e. The predicted molar refractivity (Wildman–Crippen MR) is 69.5 cm³/mol. The fourth-order valence-electron chi connectivity index (χ4n) is 2.17. The molecule has 4 heteroatoms. The normalized spacial score (nSPS) is 16.4. The van der Waals surface area contributed by atoms with Crippen molar-refractivity contribution >= 4 is 17.3 Å². The van der Waals surface area contributed by atoms with Crippen LogP contribution in [0.15, 0.2) is 6.07 Å². The number of ether oxygens (including phenoxy) is 1. The van der Waals surface area contributed by atoms with Crippen molar-refractivity contribution in [3.05, 3.63) is 21.4 Å². The van der Waals surface area contributed by atoms with Crippen molar-refractivity contribution in [2.45, 2.75) is 33.2 Å². The number of nitrogens with zero attached hydrogens (tertiary/aromatic N) is 1. The van der Waals surface area contributed by atoms with Gasteiger partial charge in [-0.1, -0.05) is 6.92 Å². The molecule has 0 atom stereocenters. The molecule has 0 fully saturated rings. The first-order chi connectivity index (χ1) is 8.24. The van der Waals surface area contributed by atoms with Gasteiger partial charge in [-0.05, 0) is 44.5 Å². The van der Waals surface area contributed by atoms with Gasteiger partial charge in [0.25, 0.3) is 0 Å². The Bertz CT molecular complexity index is 400. The Morgan fingerprint density at radius 3 is 3.06 bits per heavy atom. The summed E-state index contributed by atoms with van der Waals surface area (Å²) in [4.78, 5) is 16.2. The summed E-state index contributed by atoms with van der Waals surface area (Å²) >= 11 is 1.61. The Kier molecular flexibility index (Phi) is 4.18. The van der Waals surface area contributed by atoms with Gasteiger partial charge in [0.15, 0.2) is 0 Å². The van der Waals surface area contributed by atoms with Gasteiger partial charge >= 0.3 is 5.97 Å². The van der Waals surface area contributed by atoms with Gasteiger partial charge in [0, 0.05) is 11.4 Å². The zero-order chi connectivity index (χ0) is 12.3. The largest absolute Gasteiger partial charge is 0.462 e. The number of carbonyl (C=O) groups excluding carboxylic acids is 1. The molecule has 0 unspecified atom stereocenters. The molecule has 94 valence electrons. The van der Waals surface area contributed by atoms with E-state index in [0.29, 0.717) is 6.61 Å². The molecule has 1 aliphatic rings. The molecule has 0 saturated heterocycles. The SMILES string of the molecule is CCOC(=O)c1cc2c(s1)CCCN(CC)C2. The van der Waals surface area contributed by atoms with E-state index in [2.05, 4.69) is 11.8 Å². The van der Waals surface area contributed by atoms with Crippen LogP contribution in [0.25, 0.3) is 0 Å². The van der Waals surface area contributed by atoms with Gasteiger partial charge in [-0.3, -0.25) is 4.90 Å². The minimum Gasteiger partial charge on any atom is -0.462 e. The van der Waals surface area contributed by atoms with Crippen molar-refractivity contribution in [1.82, 2.24) is 4.90 Å². The summed E-state index contributed by atoms with van der Waals surface area (Å²) in [5, 5.41) is 0. The number of thiophene rings is 1. The molecule has 1 aromatic rings. The van der Waals surface area contributed by atoms with E-state index in [1.165, 1.54) is 16.9 Å². The third kappa shape index (κ3) is 2.87. The van der Waals surface area contributed by atoms with Crippen molar-refractivity contribution in [1.29, 1.82) is 0 Å². The van der Waals surface area contributed by atoms with Gasteiger partial charge in [0.1, 0.15) is 4.88 Å². The minimum atomic E-state index is -0.173. The van der Waals surface area contributed by atoms with Crippen LogP contribution in [0.2, 0.25) is 0 Å². The molecule has 1 aromatic heterocycles. The number of fused-ring (bicyclic) bond motifs is 1. The van der Waals surface area contributed by atoms with Gasteiger partial charge < -0.3 is 4.74 Å². The van der Waals surface area contributed by atoms with Crippen molar-refractivity contribution < 1.29 is 9.53 Å². The highest BCUT2D eigenvalue weighted by Gasteiger charge is 2.19. The molecule has 2 heterocycles. The molecular weight excluding hydrogens is 234 g/mol. The molecule has 0 aromatic carbocycles. The second-order valence-electron chi connectivity index (χ2n) is 4.25. The topological polar surface area (TPSA) is 29.5 Å². The van der Waals surface area contributed by atoms with Crippen LogP contribution in [-0.2, 0) is 17.7 Å². The second kappa shape index (κ2) is 5.65. The lowest BCUT2D eigenvalue weighted by Gasteiger charge is -2.16. The monoisotopic (exact) mass is 253 g/mol. The summed E-state index contributed by atoms with van der Waals surface area (Å²) < 4.78 is 5.05. The van der Waals surface area contributed by atoms with E-state index in [1.807, 2.05) is 13.0 Å². The molecule has 0 N–H and O–H groups in total. The maximum atomic E-state index is 11.7. The van der Waals surface area contributed by atoms with Gasteiger partial charge in [-0.2, -0.15) is 0 Å². The molecule has 17 heavy (non-hydrogen) atoms. The van der Waals surface area contributed by atoms with Crippen molar-refractivity contribution in [2.24, 2.45) is 0 Å². The number of carbonyl (C=O) groups is 1. The Balaban J connectivity index is 2.17. The summed E-state index contributed by atoms with van der Waals surface area (Å²) in [6.45, 7) is 7.68. The summed E-state index contributed by atoms with van der Waals surface area (Å²) in [5.74, 6) is -0.173. The standard InChI is InChI=1S/C13H19NO2S/c1-3-14-7-5-6-11-10(9-14)8-12(17-11)13(15)16-4-2/h8H,3-7,9H2,1-2H3. The van der Waals surface area contributed by atoms with E-state index in [-0.39, 0.29) is 5.97 Å². The molecular formula is C13H19NO2S. The fourth-order valence-corrected chi connectivity index (χ4v) is 3.28. The quantitative estimate of drug-likeness (QED) is 0.776. The lowest BCUT2D eigenvalue weighted by atomic mass is 10.2. The number of hydrogen-bond acceptors (Lipinski definition) is 4. The molecule has 0 bridgehead atoms. The van der Waals surface area contributed by atoms with Gasteiger partial charge in [-0.15, -0.1) is 11.3 Å². The van der Waals surface area contributed by atoms with Crippen LogP contribution in [0, 0.1) is 0 Å². The van der Waals surface area contributed by atoms with E-state index in [0.717, 1.165) is 30.9 Å². The van der Waals surface area contributed by atoms with Gasteiger partial charge in [-0.25, -0.2) is 4.79 Å². The van der Waals surface area contributed by atoms with Crippen LogP contribution in [0.1, 0.15) is 40.4 Å². The first-order valence-electron chi connectivity index (χ1n) is 6.25. The zero-order valence-corrected chi connectivity index (χ0v) is 11.3. The Hall–Kier alpha value is -0.870. The van der Waals surface area contributed by atoms with Gasteiger partial charge in [0.2, 0.25) is 0 Å². The average Bonchev–Trinajstić information content (AvgIpc) is 2.62. The molecule has 2 rings (SSSR count). The highest BCUT2D eigenvalue weighted by atomic mass is 32.1. The Labute approximate surface area is 106 Å². The maximum Gasteiger partial charge on any atom is 0.348 e. The third-order valence-corrected chi connectivity index (χ3v) is 4.31. The molecule has 0 aliphatic carbocycles. The first-order valence-corrected chi connectivity index (χ1v) is 7.07. The lowest BCUT2D eigenvalue weighted by molar-refractivity contribution is 0.0532. The zero-order valence-electron chi connectivity index (χ0n) is 10.5. The third-order valence-electron chi connectivity index (χ3n) is 3.09. The molecule has 1 aliphatic heterocycles. The summed E-state index contributed by atoms with van der Waals surface area (Å²) in [6, 6.07) is 2.02. The molecule has 0 spiro atoms. The van der Waals surface area contributed by atoms with Crippen LogP contribution >= 0.6 is 11.3 Å². The summed E-state index contributed by atoms with van der Waals surface area (Å²) in [7, 11) is 0. The van der Waals surface area contributed by atoms with E-state index in [9.17, 15) is 4.79 Å². The molecule has 0 saturated carbocycles. The summed E-state index contributed by atoms with van der Waals surface area (Å²) in [6.07, 6.45) is 2.28. The van der Waals surface area contributed by atoms with Crippen LogP contribution in [-0.4, -0.2) is 30.6 Å². The number of esters is 1. The van der Waals surface area contributed by atoms with E-state index < -0.39 is 0 Å². The minimum absolute atomic E-state index is 0.173. The highest BCUT2D eigenvalue weighted by Crippen LogP contribution is 2.28. The second-order valence-corrected chi connectivity index (χ2v) is 5.39. The van der Waals surface area contributed by atoms with Crippen LogP contribution in [0.3, 0.4) is 0 Å². The Morgan fingerprint density at radius 1 is 1.53 bits per heavy atom. The number of rotatable bonds is 3. The van der Waals surface area contributed by atoms with Crippen molar-refractivity contribution in [2.75, 3.05) is 19.7 Å². The highest BCUT2D eigenvalue weighted by molar-refractivity contribution is 7.14. The lowest BCUT2D eigenvalue weighted by Crippen LogP contribution is -2.22. The Morgan fingerprint density at radius 2 is 2.35 bits per heavy atom. The maximum absolute atomic E-state index is 11.7. The fraction of sp³-hybridized carbons (Fsp3) is 0.615. The van der Waals surface area contributed by atoms with Crippen LogP contribution in [0.4, 0.5) is 0 Å².